The van der Waals surface area contributed by atoms with Gasteiger partial charge in [-0.05, 0) is 40.3 Å². The lowest BCUT2D eigenvalue weighted by molar-refractivity contribution is 0.0994. The first-order valence-electron chi connectivity index (χ1n) is 10.4. The summed E-state index contributed by atoms with van der Waals surface area (Å²) in [5, 5.41) is 2.70. The minimum absolute atomic E-state index is 0.0358. The van der Waals surface area contributed by atoms with Crippen LogP contribution in [0.3, 0.4) is 0 Å². The Labute approximate surface area is 181 Å². The van der Waals surface area contributed by atoms with E-state index in [4.69, 9.17) is 4.74 Å². The highest BCUT2D eigenvalue weighted by Gasteiger charge is 2.28. The van der Waals surface area contributed by atoms with Crippen LogP contribution in [0.2, 0.25) is 0 Å². The fourth-order valence-electron chi connectivity index (χ4n) is 4.51. The van der Waals surface area contributed by atoms with E-state index in [0.717, 1.165) is 23.1 Å². The molecular weight excluding hydrogens is 386 g/mol. The molecule has 0 aromatic heterocycles. The zero-order chi connectivity index (χ0) is 21.2. The number of fused-ring (bicyclic) bond motifs is 4. The Hall–Kier alpha value is -3.84. The van der Waals surface area contributed by atoms with E-state index in [2.05, 4.69) is 41.4 Å². The number of hydrogen-bond donors (Lipinski definition) is 1. The first-order valence-corrected chi connectivity index (χ1v) is 10.4. The second-order valence-corrected chi connectivity index (χ2v) is 7.74. The number of hydrogen-bond acceptors (Lipinski definition) is 3. The molecule has 4 heteroatoms. The van der Waals surface area contributed by atoms with Crippen molar-refractivity contribution in [2.45, 2.75) is 18.8 Å². The summed E-state index contributed by atoms with van der Waals surface area (Å²) in [6.45, 7) is 0.468. The SMILES string of the molecule is O=C(NCC#Cc1cccc2c1CCC2=O)OCC1c2ccccc2-c2ccccc21. The van der Waals surface area contributed by atoms with Gasteiger partial charge in [-0.3, -0.25) is 4.79 Å². The van der Waals surface area contributed by atoms with E-state index in [-0.39, 0.29) is 24.9 Å². The predicted molar refractivity (Wildman–Crippen MR) is 119 cm³/mol. The maximum atomic E-state index is 12.2. The number of rotatable bonds is 3. The third kappa shape index (κ3) is 3.60. The lowest BCUT2D eigenvalue weighted by Crippen LogP contribution is -2.26. The van der Waals surface area contributed by atoms with Crippen molar-refractivity contribution in [2.75, 3.05) is 13.2 Å². The molecule has 4 nitrogen and oxygen atoms in total. The van der Waals surface area contributed by atoms with Crippen LogP contribution in [-0.4, -0.2) is 25.0 Å². The van der Waals surface area contributed by atoms with Gasteiger partial charge in [-0.2, -0.15) is 0 Å². The van der Waals surface area contributed by atoms with Gasteiger partial charge >= 0.3 is 6.09 Å². The van der Waals surface area contributed by atoms with Gasteiger partial charge in [0.05, 0.1) is 6.54 Å². The van der Waals surface area contributed by atoms with E-state index in [0.29, 0.717) is 6.42 Å². The molecule has 0 aliphatic heterocycles. The molecular formula is C27H21NO3. The van der Waals surface area contributed by atoms with Crippen LogP contribution in [0.1, 0.15) is 45.0 Å². The summed E-state index contributed by atoms with van der Waals surface area (Å²) in [4.78, 5) is 24.1. The molecule has 0 spiro atoms. The molecule has 0 saturated heterocycles. The predicted octanol–water partition coefficient (Wildman–Crippen LogP) is 4.71. The molecule has 2 aliphatic carbocycles. The van der Waals surface area contributed by atoms with Crippen LogP contribution in [-0.2, 0) is 11.2 Å². The molecule has 152 valence electrons. The van der Waals surface area contributed by atoms with Crippen molar-refractivity contribution in [2.24, 2.45) is 0 Å². The first-order chi connectivity index (χ1) is 15.2. The van der Waals surface area contributed by atoms with Crippen LogP contribution in [0.5, 0.6) is 0 Å². The number of ether oxygens (including phenoxy) is 1. The first kappa shape index (κ1) is 19.1. The van der Waals surface area contributed by atoms with Gasteiger partial charge in [-0.25, -0.2) is 4.79 Å². The van der Waals surface area contributed by atoms with Gasteiger partial charge in [0, 0.05) is 23.5 Å². The van der Waals surface area contributed by atoms with E-state index >= 15 is 0 Å². The summed E-state index contributed by atoms with van der Waals surface area (Å²) in [6, 6.07) is 22.1. The molecule has 0 radical (unpaired) electrons. The van der Waals surface area contributed by atoms with Crippen LogP contribution in [0, 0.1) is 11.8 Å². The normalized spacial score (nSPS) is 13.6. The number of alkyl carbamates (subject to hydrolysis) is 1. The summed E-state index contributed by atoms with van der Waals surface area (Å²) in [6.07, 6.45) is 0.801. The lowest BCUT2D eigenvalue weighted by atomic mass is 9.98. The zero-order valence-corrected chi connectivity index (χ0v) is 17.0. The fraction of sp³-hybridized carbons (Fsp3) is 0.185. The Morgan fingerprint density at radius 3 is 2.32 bits per heavy atom. The number of amides is 1. The van der Waals surface area contributed by atoms with Crippen molar-refractivity contribution < 1.29 is 14.3 Å². The number of Topliss-reactive ketones (excluding diaryl/α,β-unsaturated/α-hetero) is 1. The Bertz CT molecular complexity index is 1200. The summed E-state index contributed by atoms with van der Waals surface area (Å²) < 4.78 is 5.52. The van der Waals surface area contributed by atoms with Gasteiger partial charge in [0.1, 0.15) is 6.61 Å². The lowest BCUT2D eigenvalue weighted by Gasteiger charge is -2.14. The largest absolute Gasteiger partial charge is 0.449 e. The summed E-state index contributed by atoms with van der Waals surface area (Å²) in [5.74, 6) is 6.25. The standard InChI is InChI=1S/C27H21NO3/c29-26-15-14-19-18(7-5-13-24(19)26)8-6-16-28-27(30)31-17-25-22-11-3-1-9-20(22)21-10-2-4-12-23(21)25/h1-5,7,9-13,25H,14-17H2,(H,28,30). The van der Waals surface area contributed by atoms with Gasteiger partial charge < -0.3 is 10.1 Å². The number of carbonyl (C=O) groups excluding carboxylic acids is 2. The van der Waals surface area contributed by atoms with Gasteiger partial charge in [0.25, 0.3) is 0 Å². The van der Waals surface area contributed by atoms with E-state index in [1.807, 2.05) is 42.5 Å². The molecule has 0 unspecified atom stereocenters. The second kappa shape index (κ2) is 8.12. The highest BCUT2D eigenvalue weighted by molar-refractivity contribution is 6.01. The monoisotopic (exact) mass is 407 g/mol. The molecule has 0 fully saturated rings. The second-order valence-electron chi connectivity index (χ2n) is 7.74. The van der Waals surface area contributed by atoms with Crippen molar-refractivity contribution >= 4 is 11.9 Å². The summed E-state index contributed by atoms with van der Waals surface area (Å²) in [5.41, 5.74) is 7.42. The Kier molecular flexibility index (Phi) is 5.01. The van der Waals surface area contributed by atoms with Crippen LogP contribution in [0.4, 0.5) is 4.79 Å². The molecule has 3 aromatic rings. The number of benzene rings is 3. The summed E-state index contributed by atoms with van der Waals surface area (Å²) in [7, 11) is 0. The molecule has 31 heavy (non-hydrogen) atoms. The minimum atomic E-state index is -0.482. The molecule has 1 N–H and O–H groups in total. The van der Waals surface area contributed by atoms with Gasteiger partial charge in [-0.15, -0.1) is 0 Å². The Balaban J connectivity index is 1.20. The van der Waals surface area contributed by atoms with Gasteiger partial charge in [-0.1, -0.05) is 72.5 Å². The number of ketones is 1. The minimum Gasteiger partial charge on any atom is -0.449 e. The Morgan fingerprint density at radius 2 is 1.58 bits per heavy atom. The smallest absolute Gasteiger partial charge is 0.407 e. The maximum absolute atomic E-state index is 12.2. The van der Waals surface area contributed by atoms with Crippen LogP contribution >= 0.6 is 0 Å². The molecule has 2 aliphatic rings. The quantitative estimate of drug-likeness (QED) is 0.640. The fourth-order valence-corrected chi connectivity index (χ4v) is 4.51. The highest BCUT2D eigenvalue weighted by Crippen LogP contribution is 2.44. The van der Waals surface area contributed by atoms with Crippen LogP contribution in [0.25, 0.3) is 11.1 Å². The zero-order valence-electron chi connectivity index (χ0n) is 17.0. The third-order valence-corrected chi connectivity index (χ3v) is 5.97. The molecule has 0 saturated carbocycles. The van der Waals surface area contributed by atoms with E-state index in [1.165, 1.54) is 22.3 Å². The average molecular weight is 407 g/mol. The number of nitrogens with one attached hydrogen (secondary N) is 1. The van der Waals surface area contributed by atoms with Crippen LogP contribution in [0.15, 0.2) is 66.7 Å². The molecule has 1 amide bonds. The molecule has 0 bridgehead atoms. The molecule has 3 aromatic carbocycles. The van der Waals surface area contributed by atoms with E-state index < -0.39 is 6.09 Å². The van der Waals surface area contributed by atoms with Gasteiger partial charge in [0.2, 0.25) is 0 Å². The maximum Gasteiger partial charge on any atom is 0.407 e. The summed E-state index contributed by atoms with van der Waals surface area (Å²) >= 11 is 0. The van der Waals surface area contributed by atoms with E-state index in [1.54, 1.807) is 0 Å². The van der Waals surface area contributed by atoms with Crippen molar-refractivity contribution in [1.82, 2.24) is 5.32 Å². The van der Waals surface area contributed by atoms with Crippen molar-refractivity contribution in [3.05, 3.63) is 94.5 Å². The van der Waals surface area contributed by atoms with E-state index in [9.17, 15) is 9.59 Å². The van der Waals surface area contributed by atoms with Gasteiger partial charge in [0.15, 0.2) is 5.78 Å². The highest BCUT2D eigenvalue weighted by atomic mass is 16.5. The molecule has 5 rings (SSSR count). The van der Waals surface area contributed by atoms with Crippen molar-refractivity contribution in [1.29, 1.82) is 0 Å². The number of carbonyl (C=O) groups is 2. The molecule has 0 heterocycles. The van der Waals surface area contributed by atoms with Crippen molar-refractivity contribution in [3.63, 3.8) is 0 Å². The van der Waals surface area contributed by atoms with Crippen molar-refractivity contribution in [3.8, 4) is 23.0 Å². The Morgan fingerprint density at radius 1 is 0.903 bits per heavy atom. The average Bonchev–Trinajstić information content (AvgIpc) is 3.34. The molecule has 0 atom stereocenters. The topological polar surface area (TPSA) is 55.4 Å². The van der Waals surface area contributed by atoms with Crippen LogP contribution < -0.4 is 5.32 Å². The third-order valence-electron chi connectivity index (χ3n) is 5.97.